The first-order valence-electron chi connectivity index (χ1n) is 16.7. The van der Waals surface area contributed by atoms with E-state index >= 15 is 0 Å². The van der Waals surface area contributed by atoms with Crippen molar-refractivity contribution in [3.05, 3.63) is 182 Å². The van der Waals surface area contributed by atoms with E-state index in [-0.39, 0.29) is 0 Å². The van der Waals surface area contributed by atoms with Gasteiger partial charge in [0.05, 0.1) is 16.7 Å². The molecule has 0 saturated carbocycles. The molecule has 0 unspecified atom stereocenters. The number of hydrogen-bond acceptors (Lipinski definition) is 2. The lowest BCUT2D eigenvalue weighted by Crippen LogP contribution is -2.09. The second-order valence-corrected chi connectivity index (χ2v) is 12.5. The van der Waals surface area contributed by atoms with E-state index in [1.54, 1.807) is 0 Å². The first-order chi connectivity index (χ1) is 24.3. The van der Waals surface area contributed by atoms with Crippen LogP contribution in [-0.2, 0) is 0 Å². The number of para-hydroxylation sites is 6. The van der Waals surface area contributed by atoms with Crippen molar-refractivity contribution in [1.82, 2.24) is 4.57 Å². The molecular formula is C46H30N2O. The number of fused-ring (bicyclic) bond motifs is 8. The molecule has 0 fully saturated rings. The number of anilines is 3. The maximum Gasteiger partial charge on any atom is 0.159 e. The van der Waals surface area contributed by atoms with Crippen molar-refractivity contribution < 1.29 is 4.42 Å². The normalized spacial score (nSPS) is 11.7. The first-order valence-corrected chi connectivity index (χ1v) is 16.7. The molecule has 8 aromatic carbocycles. The maximum atomic E-state index is 7.02. The molecule has 0 aliphatic rings. The number of nitrogens with zero attached hydrogens (tertiary/aromatic N) is 2. The van der Waals surface area contributed by atoms with Crippen LogP contribution in [0.25, 0.3) is 71.3 Å². The van der Waals surface area contributed by atoms with Gasteiger partial charge in [0.1, 0.15) is 5.58 Å². The summed E-state index contributed by atoms with van der Waals surface area (Å²) in [6.07, 6.45) is 0. The minimum atomic E-state index is 0.865. The van der Waals surface area contributed by atoms with E-state index in [4.69, 9.17) is 4.42 Å². The molecule has 10 aromatic rings. The Morgan fingerprint density at radius 2 is 1.00 bits per heavy atom. The summed E-state index contributed by atoms with van der Waals surface area (Å²) in [4.78, 5) is 2.28. The third-order valence-electron chi connectivity index (χ3n) is 9.75. The zero-order valence-corrected chi connectivity index (χ0v) is 26.6. The lowest BCUT2D eigenvalue weighted by Gasteiger charge is -2.25. The number of rotatable bonds is 5. The van der Waals surface area contributed by atoms with E-state index in [0.29, 0.717) is 0 Å². The van der Waals surface area contributed by atoms with Crippen molar-refractivity contribution in [2.45, 2.75) is 0 Å². The predicted octanol–water partition coefficient (Wildman–Crippen LogP) is 13.0. The SMILES string of the molecule is c1ccc(N(c2ccccc2)c2cccc3c2oc2cc(-c4cccc5c6ccccc6n(-c6ccccc6)c45)c4ccccc4c23)cc1. The van der Waals surface area contributed by atoms with Crippen LogP contribution in [0.4, 0.5) is 17.1 Å². The quantitative estimate of drug-likeness (QED) is 0.190. The van der Waals surface area contributed by atoms with E-state index in [1.807, 2.05) is 0 Å². The Bertz CT molecular complexity index is 2770. The van der Waals surface area contributed by atoms with E-state index in [1.165, 1.54) is 38.1 Å². The Hall–Kier alpha value is -6.58. The number of aromatic nitrogens is 1. The summed E-state index contributed by atoms with van der Waals surface area (Å²) >= 11 is 0. The average Bonchev–Trinajstić information content (AvgIpc) is 3.73. The smallest absolute Gasteiger partial charge is 0.159 e. The van der Waals surface area contributed by atoms with Gasteiger partial charge in [0.25, 0.3) is 0 Å². The molecule has 49 heavy (non-hydrogen) atoms. The molecule has 2 heterocycles. The predicted molar refractivity (Wildman–Crippen MR) is 206 cm³/mol. The topological polar surface area (TPSA) is 21.3 Å². The molecule has 3 heteroatoms. The van der Waals surface area contributed by atoms with Gasteiger partial charge in [0.15, 0.2) is 5.58 Å². The third kappa shape index (κ3) is 4.23. The largest absolute Gasteiger partial charge is 0.454 e. The molecule has 3 nitrogen and oxygen atoms in total. The second-order valence-electron chi connectivity index (χ2n) is 12.5. The Morgan fingerprint density at radius 1 is 0.429 bits per heavy atom. The molecule has 0 aliphatic carbocycles. The fourth-order valence-corrected chi connectivity index (χ4v) is 7.71. The van der Waals surface area contributed by atoms with Crippen molar-refractivity contribution in [1.29, 1.82) is 0 Å². The van der Waals surface area contributed by atoms with E-state index in [0.717, 1.165) is 50.3 Å². The Morgan fingerprint density at radius 3 is 1.73 bits per heavy atom. The van der Waals surface area contributed by atoms with Crippen LogP contribution in [0, 0.1) is 0 Å². The zero-order valence-electron chi connectivity index (χ0n) is 26.6. The molecule has 0 spiro atoms. The van der Waals surface area contributed by atoms with E-state index < -0.39 is 0 Å². The minimum Gasteiger partial charge on any atom is -0.454 e. The van der Waals surface area contributed by atoms with Gasteiger partial charge < -0.3 is 13.9 Å². The second kappa shape index (κ2) is 11.0. The van der Waals surface area contributed by atoms with Gasteiger partial charge >= 0.3 is 0 Å². The van der Waals surface area contributed by atoms with Gasteiger partial charge in [0.2, 0.25) is 0 Å². The molecule has 0 saturated heterocycles. The van der Waals surface area contributed by atoms with Crippen LogP contribution in [0.3, 0.4) is 0 Å². The lowest BCUT2D eigenvalue weighted by molar-refractivity contribution is 0.669. The molecule has 10 rings (SSSR count). The van der Waals surface area contributed by atoms with Crippen LogP contribution in [-0.4, -0.2) is 4.57 Å². The number of hydrogen-bond donors (Lipinski definition) is 0. The fraction of sp³-hybridized carbons (Fsp3) is 0. The highest BCUT2D eigenvalue weighted by molar-refractivity contribution is 6.25. The standard InChI is InChI=1S/C46H30N2O/c1-4-16-31(17-5-1)47(32-18-6-2-7-19-32)42-29-15-27-39-44-36-24-11-10-22-34(36)40(30-43(44)49-46(39)42)38-26-14-25-37-35-23-12-13-28-41(35)48(45(37)38)33-20-8-3-9-21-33/h1-30H. The highest BCUT2D eigenvalue weighted by Gasteiger charge is 2.23. The van der Waals surface area contributed by atoms with Crippen molar-refractivity contribution >= 4 is 71.6 Å². The Labute approximate surface area is 283 Å². The molecule has 0 radical (unpaired) electrons. The molecule has 0 amide bonds. The molecule has 2 aromatic heterocycles. The lowest BCUT2D eigenvalue weighted by atomic mass is 9.93. The first kappa shape index (κ1) is 27.5. The van der Waals surface area contributed by atoms with Gasteiger partial charge in [-0.2, -0.15) is 0 Å². The number of benzene rings is 8. The van der Waals surface area contributed by atoms with Crippen LogP contribution in [0.5, 0.6) is 0 Å². The molecule has 0 bridgehead atoms. The maximum absolute atomic E-state index is 7.02. The van der Waals surface area contributed by atoms with Gasteiger partial charge in [-0.25, -0.2) is 0 Å². The van der Waals surface area contributed by atoms with Gasteiger partial charge in [0, 0.05) is 44.2 Å². The van der Waals surface area contributed by atoms with Gasteiger partial charge in [-0.3, -0.25) is 0 Å². The van der Waals surface area contributed by atoms with Gasteiger partial charge in [-0.15, -0.1) is 0 Å². The van der Waals surface area contributed by atoms with E-state index in [9.17, 15) is 0 Å². The minimum absolute atomic E-state index is 0.865. The molecular weight excluding hydrogens is 597 g/mol. The molecule has 0 aliphatic heterocycles. The average molecular weight is 627 g/mol. The highest BCUT2D eigenvalue weighted by atomic mass is 16.3. The molecule has 0 atom stereocenters. The highest BCUT2D eigenvalue weighted by Crippen LogP contribution is 2.47. The van der Waals surface area contributed by atoms with Crippen molar-refractivity contribution in [2.24, 2.45) is 0 Å². The fourth-order valence-electron chi connectivity index (χ4n) is 7.71. The summed E-state index contributed by atoms with van der Waals surface area (Å²) in [5, 5.41) is 7.08. The molecule has 0 N–H and O–H groups in total. The van der Waals surface area contributed by atoms with Crippen LogP contribution in [0.2, 0.25) is 0 Å². The monoisotopic (exact) mass is 626 g/mol. The summed E-state index contributed by atoms with van der Waals surface area (Å²) in [6, 6.07) is 64.6. The van der Waals surface area contributed by atoms with Crippen LogP contribution in [0.1, 0.15) is 0 Å². The van der Waals surface area contributed by atoms with Gasteiger partial charge in [-0.05, 0) is 70.9 Å². The van der Waals surface area contributed by atoms with Crippen LogP contribution in [0.15, 0.2) is 186 Å². The van der Waals surface area contributed by atoms with Crippen molar-refractivity contribution in [2.75, 3.05) is 4.90 Å². The van der Waals surface area contributed by atoms with Crippen molar-refractivity contribution in [3.63, 3.8) is 0 Å². The summed E-state index contributed by atoms with van der Waals surface area (Å²) in [5.74, 6) is 0. The third-order valence-corrected chi connectivity index (χ3v) is 9.75. The van der Waals surface area contributed by atoms with Crippen LogP contribution >= 0.6 is 0 Å². The van der Waals surface area contributed by atoms with Gasteiger partial charge in [-0.1, -0.05) is 127 Å². The summed E-state index contributed by atoms with van der Waals surface area (Å²) in [7, 11) is 0. The number of furan rings is 1. The zero-order chi connectivity index (χ0) is 32.3. The van der Waals surface area contributed by atoms with E-state index in [2.05, 4.69) is 191 Å². The Kier molecular flexibility index (Phi) is 6.18. The summed E-state index contributed by atoms with van der Waals surface area (Å²) in [5.41, 5.74) is 10.7. The summed E-state index contributed by atoms with van der Waals surface area (Å²) < 4.78 is 9.43. The molecule has 230 valence electrons. The van der Waals surface area contributed by atoms with Crippen molar-refractivity contribution in [3.8, 4) is 16.8 Å². The Balaban J connectivity index is 1.29. The van der Waals surface area contributed by atoms with Crippen LogP contribution < -0.4 is 4.90 Å². The summed E-state index contributed by atoms with van der Waals surface area (Å²) in [6.45, 7) is 0.